The number of carbonyl (C=O) groups is 3. The van der Waals surface area contributed by atoms with Crippen molar-refractivity contribution in [3.8, 4) is 0 Å². The Labute approximate surface area is 109 Å². The van der Waals surface area contributed by atoms with E-state index in [1.54, 1.807) is 0 Å². The summed E-state index contributed by atoms with van der Waals surface area (Å²) in [7, 11) is 0. The molecule has 0 amide bonds. The number of rotatable bonds is 3. The molecule has 0 bridgehead atoms. The lowest BCUT2D eigenvalue weighted by atomic mass is 10.2. The van der Waals surface area contributed by atoms with E-state index in [0.717, 1.165) is 20.8 Å². The van der Waals surface area contributed by atoms with E-state index in [0.29, 0.717) is 0 Å². The van der Waals surface area contributed by atoms with E-state index in [-0.39, 0.29) is 0 Å². The molecule has 0 saturated heterocycles. The Morgan fingerprint density at radius 2 is 0.778 bits per heavy atom. The summed E-state index contributed by atoms with van der Waals surface area (Å²) in [6, 6.07) is 0. The molecule has 18 heavy (non-hydrogen) atoms. The van der Waals surface area contributed by atoms with Crippen LogP contribution in [-0.4, -0.2) is 33.2 Å². The second-order valence-electron chi connectivity index (χ2n) is 3.26. The van der Waals surface area contributed by atoms with Crippen LogP contribution in [0.5, 0.6) is 0 Å². The van der Waals surface area contributed by atoms with Crippen LogP contribution in [0.2, 0.25) is 0 Å². The van der Waals surface area contributed by atoms with Crippen LogP contribution in [0.3, 0.4) is 0 Å². The maximum absolute atomic E-state index is 9.00. The molecule has 0 heterocycles. The molecule has 6 nitrogen and oxygen atoms in total. The Hall–Kier alpha value is -1.59. The van der Waals surface area contributed by atoms with Crippen LogP contribution < -0.4 is 0 Å². The number of carboxylic acids is 3. The summed E-state index contributed by atoms with van der Waals surface area (Å²) >= 11 is 0. The molecule has 0 fully saturated rings. The van der Waals surface area contributed by atoms with Gasteiger partial charge in [-0.15, -0.1) is 0 Å². The van der Waals surface area contributed by atoms with E-state index in [9.17, 15) is 0 Å². The predicted molar refractivity (Wildman–Crippen MR) is 69.7 cm³/mol. The van der Waals surface area contributed by atoms with Gasteiger partial charge in [0.05, 0.1) is 0 Å². The van der Waals surface area contributed by atoms with E-state index in [1.165, 1.54) is 25.7 Å². The highest BCUT2D eigenvalue weighted by Gasteiger charge is 1.75. The van der Waals surface area contributed by atoms with E-state index in [2.05, 4.69) is 13.8 Å². The minimum atomic E-state index is -0.833. The van der Waals surface area contributed by atoms with Crippen LogP contribution in [0.15, 0.2) is 0 Å². The standard InChI is InChI=1S/C6H14.3C2H4O2/c1-3-5-6-4-2;3*1-2(3)4/h3-6H2,1-2H3;3*1H3,(H,3,4). The van der Waals surface area contributed by atoms with Gasteiger partial charge in [0.1, 0.15) is 0 Å². The molecule has 0 aliphatic heterocycles. The zero-order valence-corrected chi connectivity index (χ0v) is 11.9. The van der Waals surface area contributed by atoms with Gasteiger partial charge in [0.2, 0.25) is 0 Å². The minimum absolute atomic E-state index is 0.833. The molecule has 0 rings (SSSR count). The lowest BCUT2D eigenvalue weighted by Crippen LogP contribution is -1.78. The van der Waals surface area contributed by atoms with Crippen molar-refractivity contribution in [1.82, 2.24) is 0 Å². The Morgan fingerprint density at radius 3 is 0.833 bits per heavy atom. The van der Waals surface area contributed by atoms with Gasteiger partial charge < -0.3 is 15.3 Å². The highest BCUT2D eigenvalue weighted by Crippen LogP contribution is 1.95. The van der Waals surface area contributed by atoms with Crippen molar-refractivity contribution in [3.05, 3.63) is 0 Å². The largest absolute Gasteiger partial charge is 0.481 e. The van der Waals surface area contributed by atoms with Crippen LogP contribution in [0.4, 0.5) is 0 Å². The van der Waals surface area contributed by atoms with Crippen molar-refractivity contribution < 1.29 is 29.7 Å². The molecular formula is C12H26O6. The molecule has 0 unspecified atom stereocenters. The Morgan fingerprint density at radius 1 is 0.667 bits per heavy atom. The van der Waals surface area contributed by atoms with Gasteiger partial charge in [0.25, 0.3) is 17.9 Å². The fraction of sp³-hybridized carbons (Fsp3) is 0.750. The van der Waals surface area contributed by atoms with Gasteiger partial charge in [0, 0.05) is 20.8 Å². The Balaban J connectivity index is -0.0000000742. The second kappa shape index (κ2) is 24.6. The van der Waals surface area contributed by atoms with Crippen LogP contribution in [-0.2, 0) is 14.4 Å². The monoisotopic (exact) mass is 266 g/mol. The number of aliphatic carboxylic acids is 3. The zero-order valence-electron chi connectivity index (χ0n) is 11.9. The number of hydrogen-bond acceptors (Lipinski definition) is 3. The van der Waals surface area contributed by atoms with Crippen molar-refractivity contribution in [2.75, 3.05) is 0 Å². The molecule has 0 aromatic carbocycles. The van der Waals surface area contributed by atoms with Crippen LogP contribution in [0.1, 0.15) is 60.3 Å². The van der Waals surface area contributed by atoms with Crippen molar-refractivity contribution in [3.63, 3.8) is 0 Å². The first kappa shape index (κ1) is 25.3. The van der Waals surface area contributed by atoms with Crippen molar-refractivity contribution in [1.29, 1.82) is 0 Å². The molecule has 110 valence electrons. The summed E-state index contributed by atoms with van der Waals surface area (Å²) in [5.41, 5.74) is 0. The highest BCUT2D eigenvalue weighted by molar-refractivity contribution is 5.63. The number of unbranched alkanes of at least 4 members (excludes halogenated alkanes) is 3. The fourth-order valence-electron chi connectivity index (χ4n) is 0.500. The molecule has 0 radical (unpaired) electrons. The molecule has 0 spiro atoms. The maximum atomic E-state index is 9.00. The average Bonchev–Trinajstić information content (AvgIpc) is 2.11. The molecule has 0 aliphatic rings. The molecule has 0 saturated carbocycles. The SMILES string of the molecule is CC(=O)O.CC(=O)O.CC(=O)O.CCCCCC. The highest BCUT2D eigenvalue weighted by atomic mass is 16.4. The summed E-state index contributed by atoms with van der Waals surface area (Å²) in [5.74, 6) is -2.50. The molecule has 0 aromatic rings. The van der Waals surface area contributed by atoms with Gasteiger partial charge in [-0.3, -0.25) is 14.4 Å². The van der Waals surface area contributed by atoms with Gasteiger partial charge in [0.15, 0.2) is 0 Å². The molecule has 6 heteroatoms. The summed E-state index contributed by atoms with van der Waals surface area (Å²) < 4.78 is 0. The number of hydrogen-bond donors (Lipinski definition) is 3. The topological polar surface area (TPSA) is 112 Å². The third-order valence-electron chi connectivity index (χ3n) is 0.957. The smallest absolute Gasteiger partial charge is 0.300 e. The Kier molecular flexibility index (Phi) is 34.6. The van der Waals surface area contributed by atoms with Gasteiger partial charge in [-0.1, -0.05) is 39.5 Å². The van der Waals surface area contributed by atoms with E-state index in [4.69, 9.17) is 29.7 Å². The van der Waals surface area contributed by atoms with Crippen molar-refractivity contribution >= 4 is 17.9 Å². The van der Waals surface area contributed by atoms with Gasteiger partial charge in [-0.05, 0) is 0 Å². The zero-order chi connectivity index (χ0) is 15.6. The first-order chi connectivity index (χ1) is 8.11. The van der Waals surface area contributed by atoms with Gasteiger partial charge in [-0.25, -0.2) is 0 Å². The first-order valence-corrected chi connectivity index (χ1v) is 5.70. The third kappa shape index (κ3) is 1300. The quantitative estimate of drug-likeness (QED) is 0.677. The summed E-state index contributed by atoms with van der Waals surface area (Å²) in [4.78, 5) is 27.0. The predicted octanol–water partition coefficient (Wildman–Crippen LogP) is 2.86. The van der Waals surface area contributed by atoms with Crippen molar-refractivity contribution in [2.24, 2.45) is 0 Å². The second-order valence-corrected chi connectivity index (χ2v) is 3.26. The summed E-state index contributed by atoms with van der Waals surface area (Å²) in [6.45, 7) is 7.71. The average molecular weight is 266 g/mol. The van der Waals surface area contributed by atoms with E-state index in [1.807, 2.05) is 0 Å². The van der Waals surface area contributed by atoms with Crippen LogP contribution in [0.25, 0.3) is 0 Å². The van der Waals surface area contributed by atoms with E-state index >= 15 is 0 Å². The van der Waals surface area contributed by atoms with Crippen LogP contribution >= 0.6 is 0 Å². The molecule has 3 N–H and O–H groups in total. The van der Waals surface area contributed by atoms with Gasteiger partial charge >= 0.3 is 0 Å². The lowest BCUT2D eigenvalue weighted by Gasteiger charge is -1.86. The lowest BCUT2D eigenvalue weighted by molar-refractivity contribution is -0.135. The molecule has 0 aliphatic carbocycles. The molecule has 0 atom stereocenters. The summed E-state index contributed by atoms with van der Waals surface area (Å²) in [6.07, 6.45) is 5.54. The number of carboxylic acid groups (broad SMARTS) is 3. The normalized spacial score (nSPS) is 7.17. The first-order valence-electron chi connectivity index (χ1n) is 5.70. The third-order valence-corrected chi connectivity index (χ3v) is 0.957. The minimum Gasteiger partial charge on any atom is -0.481 e. The van der Waals surface area contributed by atoms with Gasteiger partial charge in [-0.2, -0.15) is 0 Å². The fourth-order valence-corrected chi connectivity index (χ4v) is 0.500. The summed E-state index contributed by atoms with van der Waals surface area (Å²) in [5, 5.41) is 22.2. The maximum Gasteiger partial charge on any atom is 0.300 e. The van der Waals surface area contributed by atoms with Crippen LogP contribution in [0, 0.1) is 0 Å². The molecule has 0 aromatic heterocycles. The van der Waals surface area contributed by atoms with E-state index < -0.39 is 17.9 Å². The Bertz CT molecular complexity index is 156. The molecular weight excluding hydrogens is 240 g/mol. The van der Waals surface area contributed by atoms with Crippen molar-refractivity contribution in [2.45, 2.75) is 60.3 Å².